The Balaban J connectivity index is 2.25. The highest BCUT2D eigenvalue weighted by molar-refractivity contribution is 5.08. The maximum absolute atomic E-state index is 5.87. The molecule has 1 nitrogen and oxygen atoms in total. The number of nitrogens with two attached hydrogens (primary N) is 1. The van der Waals surface area contributed by atoms with Gasteiger partial charge < -0.3 is 5.73 Å². The van der Waals surface area contributed by atoms with Gasteiger partial charge in [0.25, 0.3) is 0 Å². The third kappa shape index (κ3) is 0.971. The van der Waals surface area contributed by atoms with Crippen LogP contribution in [0.2, 0.25) is 0 Å². The van der Waals surface area contributed by atoms with Gasteiger partial charge in [0.2, 0.25) is 0 Å². The van der Waals surface area contributed by atoms with Crippen molar-refractivity contribution in [1.29, 1.82) is 0 Å². The molecule has 0 saturated heterocycles. The Morgan fingerprint density at radius 2 is 1.62 bits per heavy atom. The molecule has 0 aliphatic heterocycles. The maximum Gasteiger partial charge on any atom is -0.00431 e. The molecule has 4 atom stereocenters. The highest BCUT2D eigenvalue weighted by atomic mass is 14.7. The van der Waals surface area contributed by atoms with Crippen LogP contribution in [0.15, 0.2) is 0 Å². The number of rotatable bonds is 1. The van der Waals surface area contributed by atoms with Crippen molar-refractivity contribution in [2.75, 3.05) is 6.54 Å². The van der Waals surface area contributed by atoms with E-state index < -0.39 is 0 Å². The minimum absolute atomic E-state index is 0.634. The SMILES string of the molecule is CC1CCC(C)C12C(C)C[C@H]2CN. The highest BCUT2D eigenvalue weighted by Crippen LogP contribution is 2.65. The van der Waals surface area contributed by atoms with E-state index in [4.69, 9.17) is 5.73 Å². The molecule has 0 aromatic rings. The fourth-order valence-electron chi connectivity index (χ4n) is 4.64. The van der Waals surface area contributed by atoms with Crippen LogP contribution in [-0.4, -0.2) is 6.54 Å². The van der Waals surface area contributed by atoms with E-state index in [0.717, 1.165) is 30.2 Å². The lowest BCUT2D eigenvalue weighted by atomic mass is 9.46. The molecule has 2 saturated carbocycles. The molecule has 3 unspecified atom stereocenters. The molecule has 0 aromatic heterocycles. The van der Waals surface area contributed by atoms with E-state index >= 15 is 0 Å². The lowest BCUT2D eigenvalue weighted by Crippen LogP contribution is -2.55. The van der Waals surface area contributed by atoms with Crippen molar-refractivity contribution in [2.45, 2.75) is 40.0 Å². The first-order chi connectivity index (χ1) is 6.14. The second-order valence-electron chi connectivity index (χ2n) is 5.45. The molecule has 76 valence electrons. The molecule has 0 heterocycles. The summed E-state index contributed by atoms with van der Waals surface area (Å²) < 4.78 is 0. The van der Waals surface area contributed by atoms with Gasteiger partial charge in [-0.15, -0.1) is 0 Å². The largest absolute Gasteiger partial charge is 0.330 e. The molecule has 0 radical (unpaired) electrons. The Morgan fingerprint density at radius 1 is 1.08 bits per heavy atom. The van der Waals surface area contributed by atoms with Gasteiger partial charge in [-0.2, -0.15) is 0 Å². The number of hydrogen-bond acceptors (Lipinski definition) is 1. The zero-order valence-electron chi connectivity index (χ0n) is 9.22. The van der Waals surface area contributed by atoms with Gasteiger partial charge in [-0.25, -0.2) is 0 Å². The summed E-state index contributed by atoms with van der Waals surface area (Å²) in [5, 5.41) is 0. The van der Waals surface area contributed by atoms with Gasteiger partial charge in [-0.1, -0.05) is 20.8 Å². The molecule has 2 aliphatic rings. The van der Waals surface area contributed by atoms with Gasteiger partial charge >= 0.3 is 0 Å². The van der Waals surface area contributed by atoms with Crippen molar-refractivity contribution in [2.24, 2.45) is 34.8 Å². The summed E-state index contributed by atoms with van der Waals surface area (Å²) in [5.41, 5.74) is 6.51. The van der Waals surface area contributed by atoms with Gasteiger partial charge in [-0.05, 0) is 54.9 Å². The summed E-state index contributed by atoms with van der Waals surface area (Å²) >= 11 is 0. The Bertz CT molecular complexity index is 189. The van der Waals surface area contributed by atoms with Crippen molar-refractivity contribution in [1.82, 2.24) is 0 Å². The lowest BCUT2D eigenvalue weighted by molar-refractivity contribution is -0.0982. The Morgan fingerprint density at radius 3 is 2.00 bits per heavy atom. The van der Waals surface area contributed by atoms with Crippen LogP contribution in [0, 0.1) is 29.1 Å². The van der Waals surface area contributed by atoms with E-state index in [2.05, 4.69) is 20.8 Å². The van der Waals surface area contributed by atoms with Gasteiger partial charge in [0.15, 0.2) is 0 Å². The summed E-state index contributed by atoms with van der Waals surface area (Å²) in [6, 6.07) is 0. The molecular weight excluding hydrogens is 158 g/mol. The molecular formula is C12H23N. The van der Waals surface area contributed by atoms with Crippen LogP contribution in [-0.2, 0) is 0 Å². The van der Waals surface area contributed by atoms with E-state index in [1.165, 1.54) is 19.3 Å². The Kier molecular flexibility index (Phi) is 2.18. The molecule has 0 bridgehead atoms. The smallest absolute Gasteiger partial charge is 0.00431 e. The minimum atomic E-state index is 0.634. The summed E-state index contributed by atoms with van der Waals surface area (Å²) in [4.78, 5) is 0. The fourth-order valence-corrected chi connectivity index (χ4v) is 4.64. The monoisotopic (exact) mass is 181 g/mol. The van der Waals surface area contributed by atoms with Crippen LogP contribution in [0.5, 0.6) is 0 Å². The van der Waals surface area contributed by atoms with E-state index in [0.29, 0.717) is 5.41 Å². The van der Waals surface area contributed by atoms with Crippen LogP contribution in [0.3, 0.4) is 0 Å². The summed E-state index contributed by atoms with van der Waals surface area (Å²) in [5.74, 6) is 3.59. The lowest BCUT2D eigenvalue weighted by Gasteiger charge is -2.58. The van der Waals surface area contributed by atoms with Crippen molar-refractivity contribution in [3.8, 4) is 0 Å². The molecule has 2 aliphatic carbocycles. The van der Waals surface area contributed by atoms with Gasteiger partial charge in [0.05, 0.1) is 0 Å². The van der Waals surface area contributed by atoms with Gasteiger partial charge in [-0.3, -0.25) is 0 Å². The Hall–Kier alpha value is -0.0400. The van der Waals surface area contributed by atoms with Crippen molar-refractivity contribution < 1.29 is 0 Å². The maximum atomic E-state index is 5.87. The average molecular weight is 181 g/mol. The van der Waals surface area contributed by atoms with Crippen LogP contribution >= 0.6 is 0 Å². The molecule has 0 amide bonds. The average Bonchev–Trinajstić information content (AvgIpc) is 2.40. The van der Waals surface area contributed by atoms with Crippen LogP contribution in [0.1, 0.15) is 40.0 Å². The molecule has 1 heteroatoms. The first-order valence-corrected chi connectivity index (χ1v) is 5.84. The van der Waals surface area contributed by atoms with Crippen LogP contribution in [0.4, 0.5) is 0 Å². The molecule has 2 N–H and O–H groups in total. The van der Waals surface area contributed by atoms with Gasteiger partial charge in [0, 0.05) is 0 Å². The molecule has 2 rings (SSSR count). The third-order valence-corrected chi connectivity index (χ3v) is 5.22. The zero-order valence-corrected chi connectivity index (χ0v) is 9.22. The van der Waals surface area contributed by atoms with E-state index in [9.17, 15) is 0 Å². The van der Waals surface area contributed by atoms with Gasteiger partial charge in [0.1, 0.15) is 0 Å². The minimum Gasteiger partial charge on any atom is -0.330 e. The molecule has 0 aromatic carbocycles. The standard InChI is InChI=1S/C12H23N/c1-8-4-5-9(2)12(8)10(3)6-11(12)7-13/h8-11H,4-7,13H2,1-3H3/t8?,9?,10?,11-,12?/m0/s1. The van der Waals surface area contributed by atoms with Crippen molar-refractivity contribution in [3.05, 3.63) is 0 Å². The van der Waals surface area contributed by atoms with E-state index in [1.54, 1.807) is 0 Å². The van der Waals surface area contributed by atoms with E-state index in [-0.39, 0.29) is 0 Å². The van der Waals surface area contributed by atoms with Crippen LogP contribution < -0.4 is 5.73 Å². The predicted octanol–water partition coefficient (Wildman–Crippen LogP) is 2.65. The van der Waals surface area contributed by atoms with E-state index in [1.807, 2.05) is 0 Å². The molecule has 1 spiro atoms. The first-order valence-electron chi connectivity index (χ1n) is 5.84. The van der Waals surface area contributed by atoms with Crippen molar-refractivity contribution >= 4 is 0 Å². The first kappa shape index (κ1) is 9.51. The topological polar surface area (TPSA) is 26.0 Å². The van der Waals surface area contributed by atoms with Crippen LogP contribution in [0.25, 0.3) is 0 Å². The summed E-state index contributed by atoms with van der Waals surface area (Å²) in [6.07, 6.45) is 4.25. The van der Waals surface area contributed by atoms with Crippen molar-refractivity contribution in [3.63, 3.8) is 0 Å². The second-order valence-corrected chi connectivity index (χ2v) is 5.45. The highest BCUT2D eigenvalue weighted by Gasteiger charge is 2.59. The zero-order chi connectivity index (χ0) is 9.64. The normalized spacial score (nSPS) is 55.4. The quantitative estimate of drug-likeness (QED) is 0.661. The fraction of sp³-hybridized carbons (Fsp3) is 1.00. The number of hydrogen-bond donors (Lipinski definition) is 1. The molecule has 13 heavy (non-hydrogen) atoms. The third-order valence-electron chi connectivity index (χ3n) is 5.22. The summed E-state index contributed by atoms with van der Waals surface area (Å²) in [7, 11) is 0. The second kappa shape index (κ2) is 2.98. The predicted molar refractivity (Wildman–Crippen MR) is 56.3 cm³/mol. The Labute approximate surface area is 82.1 Å². The summed E-state index contributed by atoms with van der Waals surface area (Å²) in [6.45, 7) is 8.24. The molecule has 2 fully saturated rings.